The Hall–Kier alpha value is -1.55. The zero-order valence-corrected chi connectivity index (χ0v) is 12.9. The van der Waals surface area contributed by atoms with Crippen LogP contribution in [0.2, 0.25) is 0 Å². The Morgan fingerprint density at radius 1 is 1.09 bits per heavy atom. The van der Waals surface area contributed by atoms with Crippen molar-refractivity contribution in [2.75, 3.05) is 13.2 Å². The van der Waals surface area contributed by atoms with Gasteiger partial charge in [0.15, 0.2) is 0 Å². The Morgan fingerprint density at radius 3 is 2.59 bits per heavy atom. The Balaban J connectivity index is 1.47. The number of aliphatic hydroxyl groups is 1. The molecule has 0 bridgehead atoms. The Kier molecular flexibility index (Phi) is 3.78. The first kappa shape index (κ1) is 14.1. The molecule has 0 spiro atoms. The summed E-state index contributed by atoms with van der Waals surface area (Å²) in [5.74, 6) is 2.20. The van der Waals surface area contributed by atoms with Crippen molar-refractivity contribution in [2.45, 2.75) is 44.6 Å². The van der Waals surface area contributed by atoms with Gasteiger partial charge >= 0.3 is 0 Å². The predicted molar refractivity (Wildman–Crippen MR) is 86.0 cm³/mol. The number of benzene rings is 1. The van der Waals surface area contributed by atoms with Gasteiger partial charge in [-0.3, -0.25) is 4.68 Å². The summed E-state index contributed by atoms with van der Waals surface area (Å²) in [6, 6.07) is 6.71. The molecule has 22 heavy (non-hydrogen) atoms. The lowest BCUT2D eigenvalue weighted by Gasteiger charge is -2.27. The van der Waals surface area contributed by atoms with Gasteiger partial charge in [-0.1, -0.05) is 0 Å². The van der Waals surface area contributed by atoms with Crippen LogP contribution >= 0.6 is 0 Å². The molecule has 2 fully saturated rings. The summed E-state index contributed by atoms with van der Waals surface area (Å²) in [7, 11) is 0. The fourth-order valence-corrected chi connectivity index (χ4v) is 3.38. The Morgan fingerprint density at radius 2 is 1.86 bits per heavy atom. The minimum absolute atomic E-state index is 0.329. The molecular weight excluding hydrogens is 276 g/mol. The highest BCUT2D eigenvalue weighted by Gasteiger charge is 2.23. The molecule has 4 nitrogen and oxygen atoms in total. The lowest BCUT2D eigenvalue weighted by Crippen LogP contribution is -2.20. The first-order valence-electron chi connectivity index (χ1n) is 8.54. The molecule has 1 aromatic carbocycles. The summed E-state index contributed by atoms with van der Waals surface area (Å²) >= 11 is 0. The van der Waals surface area contributed by atoms with E-state index in [1.54, 1.807) is 0 Å². The third-order valence-electron chi connectivity index (χ3n) is 5.13. The van der Waals surface area contributed by atoms with Crippen molar-refractivity contribution < 1.29 is 9.84 Å². The van der Waals surface area contributed by atoms with Crippen molar-refractivity contribution in [3.63, 3.8) is 0 Å². The molecule has 2 aromatic rings. The molecule has 1 heterocycles. The van der Waals surface area contributed by atoms with Gasteiger partial charge in [0.1, 0.15) is 5.75 Å². The highest BCUT2D eigenvalue weighted by molar-refractivity contribution is 5.79. The van der Waals surface area contributed by atoms with E-state index in [4.69, 9.17) is 9.84 Å². The third-order valence-corrected chi connectivity index (χ3v) is 5.13. The van der Waals surface area contributed by atoms with E-state index in [2.05, 4.69) is 29.1 Å². The predicted octanol–water partition coefficient (Wildman–Crippen LogP) is 3.55. The first-order chi connectivity index (χ1) is 10.8. The van der Waals surface area contributed by atoms with Crippen LogP contribution < -0.4 is 4.74 Å². The molecule has 0 aliphatic heterocycles. The average Bonchev–Trinajstić information content (AvgIpc) is 3.30. The van der Waals surface area contributed by atoms with E-state index in [0.29, 0.717) is 18.6 Å². The van der Waals surface area contributed by atoms with Crippen molar-refractivity contribution >= 4 is 10.9 Å². The molecule has 4 rings (SSSR count). The van der Waals surface area contributed by atoms with Gasteiger partial charge in [0.25, 0.3) is 0 Å². The second-order valence-electron chi connectivity index (χ2n) is 6.94. The quantitative estimate of drug-likeness (QED) is 0.918. The van der Waals surface area contributed by atoms with Crippen molar-refractivity contribution in [1.29, 1.82) is 0 Å². The number of rotatable bonds is 5. The van der Waals surface area contributed by atoms with Crippen LogP contribution in [0.25, 0.3) is 10.9 Å². The lowest BCUT2D eigenvalue weighted by atomic mass is 9.87. The van der Waals surface area contributed by atoms with Gasteiger partial charge in [0.05, 0.1) is 18.2 Å². The van der Waals surface area contributed by atoms with E-state index in [0.717, 1.165) is 49.5 Å². The molecule has 0 unspecified atom stereocenters. The molecule has 0 radical (unpaired) electrons. The molecule has 4 heteroatoms. The molecule has 0 atom stereocenters. The molecule has 0 saturated heterocycles. The number of fused-ring (bicyclic) bond motifs is 1. The van der Waals surface area contributed by atoms with Crippen LogP contribution in [0, 0.1) is 11.8 Å². The van der Waals surface area contributed by atoms with Crippen LogP contribution in [0.4, 0.5) is 0 Å². The van der Waals surface area contributed by atoms with E-state index in [-0.39, 0.29) is 0 Å². The van der Waals surface area contributed by atoms with E-state index in [1.807, 2.05) is 0 Å². The van der Waals surface area contributed by atoms with Crippen molar-refractivity contribution in [3.8, 4) is 5.75 Å². The van der Waals surface area contributed by atoms with E-state index >= 15 is 0 Å². The maximum absolute atomic E-state index is 9.25. The van der Waals surface area contributed by atoms with Gasteiger partial charge in [-0.2, -0.15) is 5.10 Å². The smallest absolute Gasteiger partial charge is 0.121 e. The van der Waals surface area contributed by atoms with Crippen LogP contribution in [0.5, 0.6) is 5.75 Å². The van der Waals surface area contributed by atoms with Crippen LogP contribution in [-0.2, 0) is 0 Å². The van der Waals surface area contributed by atoms with E-state index in [1.165, 1.54) is 18.2 Å². The second-order valence-corrected chi connectivity index (χ2v) is 6.94. The molecule has 2 aliphatic rings. The minimum Gasteiger partial charge on any atom is -0.493 e. The van der Waals surface area contributed by atoms with Gasteiger partial charge in [-0.25, -0.2) is 0 Å². The lowest BCUT2D eigenvalue weighted by molar-refractivity contribution is 0.165. The van der Waals surface area contributed by atoms with Crippen LogP contribution in [0.3, 0.4) is 0 Å². The molecule has 2 saturated carbocycles. The fourth-order valence-electron chi connectivity index (χ4n) is 3.38. The minimum atomic E-state index is 0.329. The van der Waals surface area contributed by atoms with Gasteiger partial charge in [-0.15, -0.1) is 0 Å². The molecule has 1 N–H and O–H groups in total. The highest BCUT2D eigenvalue weighted by atomic mass is 16.5. The SMILES string of the molecule is OC[C@H]1CC[C@H](n2cc3ccc(OCC4CC4)cc3n2)CC1. The molecule has 0 amide bonds. The standard InChI is InChI=1S/C18H24N2O2/c21-11-13-3-6-16(7-4-13)20-10-15-5-8-17(9-18(15)19-20)22-12-14-1-2-14/h5,8-10,13-14,16,21H,1-4,6-7,11-12H2/t13-,16-. The zero-order chi connectivity index (χ0) is 14.9. The van der Waals surface area contributed by atoms with Crippen molar-refractivity contribution in [2.24, 2.45) is 11.8 Å². The normalized spacial score (nSPS) is 25.5. The summed E-state index contributed by atoms with van der Waals surface area (Å²) in [6.07, 6.45) is 9.22. The van der Waals surface area contributed by atoms with Gasteiger partial charge in [-0.05, 0) is 62.5 Å². The number of hydrogen-bond acceptors (Lipinski definition) is 3. The first-order valence-corrected chi connectivity index (χ1v) is 8.54. The Labute approximate surface area is 131 Å². The summed E-state index contributed by atoms with van der Waals surface area (Å²) in [6.45, 7) is 1.17. The number of aromatic nitrogens is 2. The third kappa shape index (κ3) is 2.98. The maximum Gasteiger partial charge on any atom is 0.121 e. The van der Waals surface area contributed by atoms with E-state index < -0.39 is 0 Å². The van der Waals surface area contributed by atoms with Crippen molar-refractivity contribution in [3.05, 3.63) is 24.4 Å². The van der Waals surface area contributed by atoms with E-state index in [9.17, 15) is 5.11 Å². The van der Waals surface area contributed by atoms with Crippen LogP contribution in [-0.4, -0.2) is 28.1 Å². The number of hydrogen-bond donors (Lipinski definition) is 1. The molecule has 118 valence electrons. The monoisotopic (exact) mass is 300 g/mol. The highest BCUT2D eigenvalue weighted by Crippen LogP contribution is 2.33. The number of aliphatic hydroxyl groups excluding tert-OH is 1. The Bertz CT molecular complexity index is 640. The zero-order valence-electron chi connectivity index (χ0n) is 12.9. The second kappa shape index (κ2) is 5.92. The molecule has 1 aromatic heterocycles. The van der Waals surface area contributed by atoms with Gasteiger partial charge in [0, 0.05) is 24.3 Å². The average molecular weight is 300 g/mol. The van der Waals surface area contributed by atoms with Crippen molar-refractivity contribution in [1.82, 2.24) is 9.78 Å². The molecule has 2 aliphatic carbocycles. The number of nitrogens with zero attached hydrogens (tertiary/aromatic N) is 2. The van der Waals surface area contributed by atoms with Gasteiger partial charge < -0.3 is 9.84 Å². The largest absolute Gasteiger partial charge is 0.493 e. The molecular formula is C18H24N2O2. The number of ether oxygens (including phenoxy) is 1. The van der Waals surface area contributed by atoms with Gasteiger partial charge in [0.2, 0.25) is 0 Å². The maximum atomic E-state index is 9.25. The summed E-state index contributed by atoms with van der Waals surface area (Å²) in [5, 5.41) is 15.2. The van der Waals surface area contributed by atoms with Crippen LogP contribution in [0.15, 0.2) is 24.4 Å². The fraction of sp³-hybridized carbons (Fsp3) is 0.611. The van der Waals surface area contributed by atoms with Crippen LogP contribution in [0.1, 0.15) is 44.6 Å². The summed E-state index contributed by atoms with van der Waals surface area (Å²) < 4.78 is 7.97. The summed E-state index contributed by atoms with van der Waals surface area (Å²) in [5.41, 5.74) is 1.03. The summed E-state index contributed by atoms with van der Waals surface area (Å²) in [4.78, 5) is 0. The topological polar surface area (TPSA) is 47.3 Å².